The van der Waals surface area contributed by atoms with Crippen molar-refractivity contribution in [2.75, 3.05) is 0 Å². The fourth-order valence-electron chi connectivity index (χ4n) is 4.60. The summed E-state index contributed by atoms with van der Waals surface area (Å²) < 4.78 is 8.14. The van der Waals surface area contributed by atoms with Gasteiger partial charge in [-0.05, 0) is 40.6 Å². The fourth-order valence-corrected chi connectivity index (χ4v) is 4.60. The molecule has 37 heavy (non-hydrogen) atoms. The van der Waals surface area contributed by atoms with Crippen molar-refractivity contribution in [3.05, 3.63) is 150 Å². The molecule has 0 saturated heterocycles. The Hall–Kier alpha value is -4.96. The first kappa shape index (κ1) is 22.5. The van der Waals surface area contributed by atoms with Gasteiger partial charge < -0.3 is 9.30 Å². The van der Waals surface area contributed by atoms with Crippen molar-refractivity contribution >= 4 is 39.6 Å². The summed E-state index contributed by atoms with van der Waals surface area (Å²) in [4.78, 5) is 18.0. The highest BCUT2D eigenvalue weighted by molar-refractivity contribution is 5.95. The standard InChI is InChI=1S/C33H24N2O2/c36-33(26-15-5-2-6-16-26)37-31(25-13-3-1-4-14-25)22-32-34-29-20-9-10-21-30(29)35(32)23-27-18-11-17-24-12-7-8-19-28(24)27/h1-22H,23H2/b31-22-. The number of aromatic nitrogens is 2. The van der Waals surface area contributed by atoms with E-state index in [4.69, 9.17) is 9.72 Å². The summed E-state index contributed by atoms with van der Waals surface area (Å²) >= 11 is 0. The Morgan fingerprint density at radius 3 is 2.16 bits per heavy atom. The Labute approximate surface area is 215 Å². The smallest absolute Gasteiger partial charge is 0.343 e. The van der Waals surface area contributed by atoms with Crippen molar-refractivity contribution in [1.29, 1.82) is 0 Å². The van der Waals surface area contributed by atoms with Gasteiger partial charge in [0.15, 0.2) is 0 Å². The van der Waals surface area contributed by atoms with E-state index in [0.29, 0.717) is 23.7 Å². The summed E-state index contributed by atoms with van der Waals surface area (Å²) in [6.45, 7) is 0.627. The predicted octanol–water partition coefficient (Wildman–Crippen LogP) is 7.59. The number of nitrogens with zero attached hydrogens (tertiary/aromatic N) is 2. The van der Waals surface area contributed by atoms with Gasteiger partial charge in [0, 0.05) is 11.6 Å². The van der Waals surface area contributed by atoms with E-state index in [9.17, 15) is 4.79 Å². The Morgan fingerprint density at radius 2 is 1.35 bits per heavy atom. The lowest BCUT2D eigenvalue weighted by Crippen LogP contribution is -2.06. The summed E-state index contributed by atoms with van der Waals surface area (Å²) in [6, 6.07) is 41.5. The average molecular weight is 481 g/mol. The number of benzene rings is 5. The zero-order valence-corrected chi connectivity index (χ0v) is 20.1. The van der Waals surface area contributed by atoms with E-state index in [1.165, 1.54) is 16.3 Å². The van der Waals surface area contributed by atoms with Gasteiger partial charge in [0.2, 0.25) is 0 Å². The molecule has 178 valence electrons. The first-order valence-electron chi connectivity index (χ1n) is 12.2. The van der Waals surface area contributed by atoms with Crippen LogP contribution in [0.5, 0.6) is 0 Å². The van der Waals surface area contributed by atoms with Crippen molar-refractivity contribution in [2.45, 2.75) is 6.54 Å². The van der Waals surface area contributed by atoms with E-state index < -0.39 is 5.97 Å². The molecule has 0 N–H and O–H groups in total. The molecule has 0 aliphatic rings. The van der Waals surface area contributed by atoms with Crippen molar-refractivity contribution in [1.82, 2.24) is 9.55 Å². The number of carbonyl (C=O) groups is 1. The molecule has 4 nitrogen and oxygen atoms in total. The summed E-state index contributed by atoms with van der Waals surface area (Å²) in [6.07, 6.45) is 1.86. The first-order valence-corrected chi connectivity index (χ1v) is 12.2. The number of rotatable bonds is 6. The highest BCUT2D eigenvalue weighted by Gasteiger charge is 2.16. The minimum atomic E-state index is -0.410. The van der Waals surface area contributed by atoms with Gasteiger partial charge >= 0.3 is 5.97 Å². The van der Waals surface area contributed by atoms with Crippen LogP contribution in [0.25, 0.3) is 33.6 Å². The third kappa shape index (κ3) is 4.65. The van der Waals surface area contributed by atoms with E-state index in [-0.39, 0.29) is 0 Å². The Balaban J connectivity index is 1.48. The van der Waals surface area contributed by atoms with E-state index in [0.717, 1.165) is 16.6 Å². The molecule has 0 amide bonds. The van der Waals surface area contributed by atoms with Gasteiger partial charge in [0.05, 0.1) is 23.1 Å². The molecule has 0 aliphatic carbocycles. The van der Waals surface area contributed by atoms with Crippen LogP contribution in [0.1, 0.15) is 27.3 Å². The second kappa shape index (κ2) is 9.96. The van der Waals surface area contributed by atoms with Crippen LogP contribution in [-0.2, 0) is 11.3 Å². The lowest BCUT2D eigenvalue weighted by Gasteiger charge is -2.13. The van der Waals surface area contributed by atoms with Crippen LogP contribution in [0.3, 0.4) is 0 Å². The van der Waals surface area contributed by atoms with E-state index in [1.807, 2.05) is 72.8 Å². The monoisotopic (exact) mass is 480 g/mol. The molecular formula is C33H24N2O2. The topological polar surface area (TPSA) is 44.1 Å². The predicted molar refractivity (Wildman–Crippen MR) is 149 cm³/mol. The van der Waals surface area contributed by atoms with Crippen molar-refractivity contribution in [2.24, 2.45) is 0 Å². The number of esters is 1. The van der Waals surface area contributed by atoms with Gasteiger partial charge in [0.25, 0.3) is 0 Å². The molecule has 0 unspecified atom stereocenters. The summed E-state index contributed by atoms with van der Waals surface area (Å²) in [5.74, 6) is 0.755. The van der Waals surface area contributed by atoms with Crippen LogP contribution in [0.4, 0.5) is 0 Å². The number of carbonyl (C=O) groups excluding carboxylic acids is 1. The third-order valence-corrected chi connectivity index (χ3v) is 6.42. The van der Waals surface area contributed by atoms with Gasteiger partial charge in [-0.15, -0.1) is 0 Å². The number of fused-ring (bicyclic) bond motifs is 2. The van der Waals surface area contributed by atoms with Gasteiger partial charge in [0.1, 0.15) is 11.6 Å². The average Bonchev–Trinajstić information content (AvgIpc) is 3.30. The Kier molecular flexibility index (Phi) is 6.05. The second-order valence-electron chi connectivity index (χ2n) is 8.81. The SMILES string of the molecule is O=C(O/C(=C\c1nc2ccccc2n1Cc1cccc2ccccc12)c1ccccc1)c1ccccc1. The molecule has 0 fully saturated rings. The molecule has 5 aromatic carbocycles. The molecule has 0 saturated carbocycles. The first-order chi connectivity index (χ1) is 18.3. The van der Waals surface area contributed by atoms with E-state index in [1.54, 1.807) is 12.1 Å². The van der Waals surface area contributed by atoms with Crippen LogP contribution in [0.15, 0.2) is 127 Å². The van der Waals surface area contributed by atoms with E-state index >= 15 is 0 Å². The number of imidazole rings is 1. The number of hydrogen-bond acceptors (Lipinski definition) is 3. The summed E-state index contributed by atoms with van der Waals surface area (Å²) in [5.41, 5.74) is 4.39. The summed E-state index contributed by atoms with van der Waals surface area (Å²) in [7, 11) is 0. The molecule has 6 rings (SSSR count). The quantitative estimate of drug-likeness (QED) is 0.182. The molecule has 0 aliphatic heterocycles. The molecule has 0 spiro atoms. The molecule has 1 heterocycles. The Morgan fingerprint density at radius 1 is 0.703 bits per heavy atom. The van der Waals surface area contributed by atoms with Gasteiger partial charge in [-0.25, -0.2) is 9.78 Å². The maximum Gasteiger partial charge on any atom is 0.343 e. The lowest BCUT2D eigenvalue weighted by molar-refractivity contribution is 0.0693. The van der Waals surface area contributed by atoms with Crippen molar-refractivity contribution < 1.29 is 9.53 Å². The lowest BCUT2D eigenvalue weighted by atomic mass is 10.0. The normalized spacial score (nSPS) is 11.6. The van der Waals surface area contributed by atoms with Crippen molar-refractivity contribution in [3.8, 4) is 0 Å². The summed E-state index contributed by atoms with van der Waals surface area (Å²) in [5, 5.41) is 2.40. The molecule has 4 heteroatoms. The van der Waals surface area contributed by atoms with Crippen LogP contribution in [-0.4, -0.2) is 15.5 Å². The number of para-hydroxylation sites is 2. The highest BCUT2D eigenvalue weighted by Crippen LogP contribution is 2.27. The number of hydrogen-bond donors (Lipinski definition) is 0. The molecular weight excluding hydrogens is 456 g/mol. The van der Waals surface area contributed by atoms with Crippen LogP contribution < -0.4 is 0 Å². The van der Waals surface area contributed by atoms with Crippen LogP contribution in [0, 0.1) is 0 Å². The fraction of sp³-hybridized carbons (Fsp3) is 0.0303. The third-order valence-electron chi connectivity index (χ3n) is 6.42. The molecule has 6 aromatic rings. The van der Waals surface area contributed by atoms with E-state index in [2.05, 4.69) is 53.1 Å². The zero-order chi connectivity index (χ0) is 25.0. The maximum atomic E-state index is 13.0. The maximum absolute atomic E-state index is 13.0. The zero-order valence-electron chi connectivity index (χ0n) is 20.1. The van der Waals surface area contributed by atoms with Crippen LogP contribution >= 0.6 is 0 Å². The molecule has 1 aromatic heterocycles. The van der Waals surface area contributed by atoms with Gasteiger partial charge in [-0.3, -0.25) is 0 Å². The number of ether oxygens (including phenoxy) is 1. The van der Waals surface area contributed by atoms with Gasteiger partial charge in [-0.2, -0.15) is 0 Å². The van der Waals surface area contributed by atoms with Gasteiger partial charge in [-0.1, -0.05) is 103 Å². The van der Waals surface area contributed by atoms with Crippen molar-refractivity contribution in [3.63, 3.8) is 0 Å². The Bertz CT molecular complexity index is 1730. The minimum Gasteiger partial charge on any atom is -0.422 e. The highest BCUT2D eigenvalue weighted by atomic mass is 16.5. The molecule has 0 atom stereocenters. The minimum absolute atomic E-state index is 0.410. The second-order valence-corrected chi connectivity index (χ2v) is 8.81. The molecule has 0 radical (unpaired) electrons. The largest absolute Gasteiger partial charge is 0.422 e. The molecule has 0 bridgehead atoms. The van der Waals surface area contributed by atoms with Crippen LogP contribution in [0.2, 0.25) is 0 Å².